The Morgan fingerprint density at radius 2 is 2.15 bits per heavy atom. The molecule has 0 radical (unpaired) electrons. The van der Waals surface area contributed by atoms with Crippen LogP contribution in [0.15, 0.2) is 36.7 Å². The smallest absolute Gasteiger partial charge is 0.269 e. The second-order valence-corrected chi connectivity index (χ2v) is 4.07. The van der Waals surface area contributed by atoms with Crippen LogP contribution in [-0.4, -0.2) is 30.0 Å². The number of methoxy groups -OCH3 is 1. The van der Waals surface area contributed by atoms with E-state index in [1.54, 1.807) is 38.7 Å². The lowest BCUT2D eigenvalue weighted by Gasteiger charge is -2.08. The molecule has 1 amide bonds. The molecule has 0 fully saturated rings. The van der Waals surface area contributed by atoms with Crippen LogP contribution in [0.4, 0.5) is 5.69 Å². The fourth-order valence-corrected chi connectivity index (χ4v) is 1.63. The normalized spacial score (nSPS) is 9.90. The zero-order valence-corrected chi connectivity index (χ0v) is 11.4. The molecule has 20 heavy (non-hydrogen) atoms. The van der Waals surface area contributed by atoms with Gasteiger partial charge in [-0.05, 0) is 17.7 Å². The molecule has 0 aromatic carbocycles. The quantitative estimate of drug-likeness (QED) is 0.861. The van der Waals surface area contributed by atoms with Crippen molar-refractivity contribution in [2.45, 2.75) is 6.54 Å². The minimum absolute atomic E-state index is 0.209. The number of nitrogens with zero attached hydrogens (tertiary/aromatic N) is 2. The topological polar surface area (TPSA) is 76.1 Å². The van der Waals surface area contributed by atoms with Crippen LogP contribution in [0, 0.1) is 0 Å². The zero-order valence-electron chi connectivity index (χ0n) is 11.4. The van der Waals surface area contributed by atoms with Crippen LogP contribution in [0.3, 0.4) is 0 Å². The van der Waals surface area contributed by atoms with Crippen molar-refractivity contribution in [2.24, 2.45) is 0 Å². The fourth-order valence-electron chi connectivity index (χ4n) is 1.63. The van der Waals surface area contributed by atoms with Crippen LogP contribution in [0.2, 0.25) is 0 Å². The number of amides is 1. The number of aromatic nitrogens is 2. The van der Waals surface area contributed by atoms with Crippen LogP contribution in [0.1, 0.15) is 16.1 Å². The van der Waals surface area contributed by atoms with Gasteiger partial charge in [-0.2, -0.15) is 0 Å². The van der Waals surface area contributed by atoms with Crippen molar-refractivity contribution in [1.29, 1.82) is 0 Å². The van der Waals surface area contributed by atoms with Gasteiger partial charge in [-0.1, -0.05) is 6.07 Å². The third-order valence-electron chi connectivity index (χ3n) is 2.72. The van der Waals surface area contributed by atoms with Gasteiger partial charge in [0.2, 0.25) is 5.88 Å². The molecule has 0 aliphatic rings. The number of carbonyl (C=O) groups is 1. The van der Waals surface area contributed by atoms with Crippen LogP contribution in [-0.2, 0) is 6.54 Å². The van der Waals surface area contributed by atoms with E-state index in [9.17, 15) is 4.79 Å². The predicted octanol–water partition coefficient (Wildman–Crippen LogP) is 1.46. The van der Waals surface area contributed by atoms with Gasteiger partial charge in [0, 0.05) is 37.7 Å². The minimum Gasteiger partial charge on any atom is -0.481 e. The molecule has 0 spiro atoms. The summed E-state index contributed by atoms with van der Waals surface area (Å²) in [5.74, 6) is 0.374. The van der Waals surface area contributed by atoms with E-state index in [1.165, 1.54) is 0 Å². The van der Waals surface area contributed by atoms with Crippen molar-refractivity contribution in [2.75, 3.05) is 19.5 Å². The van der Waals surface area contributed by atoms with Gasteiger partial charge in [0.15, 0.2) is 0 Å². The van der Waals surface area contributed by atoms with Gasteiger partial charge in [-0.25, -0.2) is 4.98 Å². The summed E-state index contributed by atoms with van der Waals surface area (Å²) in [5.41, 5.74) is 2.23. The van der Waals surface area contributed by atoms with Crippen LogP contribution >= 0.6 is 0 Å². The molecular weight excluding hydrogens is 256 g/mol. The molecule has 2 N–H and O–H groups in total. The molecule has 2 heterocycles. The van der Waals surface area contributed by atoms with Crippen LogP contribution in [0.25, 0.3) is 0 Å². The van der Waals surface area contributed by atoms with Crippen LogP contribution < -0.4 is 15.4 Å². The van der Waals surface area contributed by atoms with Gasteiger partial charge in [0.25, 0.3) is 5.91 Å². The lowest BCUT2D eigenvalue weighted by atomic mass is 10.2. The molecular formula is C14H16N4O2. The van der Waals surface area contributed by atoms with Crippen LogP contribution in [0.5, 0.6) is 5.88 Å². The molecule has 0 aliphatic heterocycles. The standard InChI is InChI=1S/C14H16N4O2/c1-15-14(19)12-7-11(5-6-16-12)17-8-10-3-4-13(20-2)18-9-10/h3-7,9H,8H2,1-2H3,(H,15,19)(H,16,17). The molecule has 2 rings (SSSR count). The summed E-state index contributed by atoms with van der Waals surface area (Å²) >= 11 is 0. The minimum atomic E-state index is -0.209. The number of anilines is 1. The summed E-state index contributed by atoms with van der Waals surface area (Å²) in [7, 11) is 3.16. The average Bonchev–Trinajstić information content (AvgIpc) is 2.53. The van der Waals surface area contributed by atoms with E-state index in [-0.39, 0.29) is 5.91 Å². The molecule has 0 aliphatic carbocycles. The lowest BCUT2D eigenvalue weighted by molar-refractivity contribution is 0.0958. The Bertz CT molecular complexity index is 584. The summed E-state index contributed by atoms with van der Waals surface area (Å²) in [6.07, 6.45) is 3.34. The first-order chi connectivity index (χ1) is 9.72. The maximum atomic E-state index is 11.5. The number of pyridine rings is 2. The molecule has 0 saturated carbocycles. The molecule has 104 valence electrons. The molecule has 2 aromatic rings. The van der Waals surface area contributed by atoms with Crippen molar-refractivity contribution >= 4 is 11.6 Å². The molecule has 2 aromatic heterocycles. The number of carbonyl (C=O) groups excluding carboxylic acids is 1. The van der Waals surface area contributed by atoms with E-state index >= 15 is 0 Å². The highest BCUT2D eigenvalue weighted by molar-refractivity contribution is 5.92. The summed E-state index contributed by atoms with van der Waals surface area (Å²) in [4.78, 5) is 19.6. The number of ether oxygens (including phenoxy) is 1. The summed E-state index contributed by atoms with van der Waals surface area (Å²) < 4.78 is 5.00. The van der Waals surface area contributed by atoms with Crippen molar-refractivity contribution in [3.8, 4) is 5.88 Å². The van der Waals surface area contributed by atoms with E-state index in [0.29, 0.717) is 18.1 Å². The number of nitrogens with one attached hydrogen (secondary N) is 2. The van der Waals surface area contributed by atoms with Gasteiger partial charge in [0.1, 0.15) is 5.69 Å². The molecule has 0 saturated heterocycles. The van der Waals surface area contributed by atoms with Gasteiger partial charge in [-0.3, -0.25) is 9.78 Å². The molecule has 6 heteroatoms. The Labute approximate surface area is 117 Å². The maximum absolute atomic E-state index is 11.5. The number of rotatable bonds is 5. The van der Waals surface area contributed by atoms with Gasteiger partial charge < -0.3 is 15.4 Å². The van der Waals surface area contributed by atoms with E-state index < -0.39 is 0 Å². The van der Waals surface area contributed by atoms with Crippen molar-refractivity contribution in [1.82, 2.24) is 15.3 Å². The lowest BCUT2D eigenvalue weighted by Crippen LogP contribution is -2.19. The first kappa shape index (κ1) is 13.8. The Morgan fingerprint density at radius 3 is 2.80 bits per heavy atom. The molecule has 6 nitrogen and oxygen atoms in total. The van der Waals surface area contributed by atoms with Gasteiger partial charge >= 0.3 is 0 Å². The Kier molecular flexibility index (Phi) is 4.49. The monoisotopic (exact) mass is 272 g/mol. The van der Waals surface area contributed by atoms with Crippen molar-refractivity contribution < 1.29 is 9.53 Å². The Hall–Kier alpha value is -2.63. The first-order valence-corrected chi connectivity index (χ1v) is 6.14. The third kappa shape index (κ3) is 3.44. The highest BCUT2D eigenvalue weighted by atomic mass is 16.5. The second kappa shape index (κ2) is 6.51. The summed E-state index contributed by atoms with van der Waals surface area (Å²) in [6.45, 7) is 0.605. The fraction of sp³-hybridized carbons (Fsp3) is 0.214. The highest BCUT2D eigenvalue weighted by Crippen LogP contribution is 2.11. The van der Waals surface area contributed by atoms with E-state index in [4.69, 9.17) is 4.74 Å². The summed E-state index contributed by atoms with van der Waals surface area (Å²) in [6, 6.07) is 7.25. The van der Waals surface area contributed by atoms with E-state index in [0.717, 1.165) is 11.3 Å². The number of hydrogen-bond donors (Lipinski definition) is 2. The zero-order chi connectivity index (χ0) is 14.4. The van der Waals surface area contributed by atoms with E-state index in [1.807, 2.05) is 12.1 Å². The Morgan fingerprint density at radius 1 is 1.30 bits per heavy atom. The SMILES string of the molecule is CNC(=O)c1cc(NCc2ccc(OC)nc2)ccn1. The molecule has 0 bridgehead atoms. The maximum Gasteiger partial charge on any atom is 0.269 e. The average molecular weight is 272 g/mol. The number of hydrogen-bond acceptors (Lipinski definition) is 5. The summed E-state index contributed by atoms with van der Waals surface area (Å²) in [5, 5.41) is 5.76. The second-order valence-electron chi connectivity index (χ2n) is 4.07. The van der Waals surface area contributed by atoms with Crippen molar-refractivity contribution in [3.63, 3.8) is 0 Å². The predicted molar refractivity (Wildman–Crippen MR) is 75.7 cm³/mol. The van der Waals surface area contributed by atoms with Gasteiger partial charge in [-0.15, -0.1) is 0 Å². The largest absolute Gasteiger partial charge is 0.481 e. The van der Waals surface area contributed by atoms with Crippen molar-refractivity contribution in [3.05, 3.63) is 47.9 Å². The Balaban J connectivity index is 2.01. The molecule has 0 unspecified atom stereocenters. The first-order valence-electron chi connectivity index (χ1n) is 6.14. The third-order valence-corrected chi connectivity index (χ3v) is 2.72. The van der Waals surface area contributed by atoms with E-state index in [2.05, 4.69) is 20.6 Å². The van der Waals surface area contributed by atoms with Gasteiger partial charge in [0.05, 0.1) is 7.11 Å². The highest BCUT2D eigenvalue weighted by Gasteiger charge is 2.05. The molecule has 0 atom stereocenters.